The van der Waals surface area contributed by atoms with E-state index in [0.717, 1.165) is 0 Å². The zero-order valence-corrected chi connectivity index (χ0v) is 8.62. The first-order chi connectivity index (χ1) is 6.74. The van der Waals surface area contributed by atoms with Gasteiger partial charge in [-0.1, -0.05) is 17.8 Å². The van der Waals surface area contributed by atoms with Crippen LogP contribution in [0.25, 0.3) is 0 Å². The van der Waals surface area contributed by atoms with E-state index in [0.29, 0.717) is 17.5 Å². The van der Waals surface area contributed by atoms with Gasteiger partial charge >= 0.3 is 0 Å². The Balaban J connectivity index is 2.30. The Labute approximate surface area is 85.7 Å². The third-order valence-corrected chi connectivity index (χ3v) is 2.37. The van der Waals surface area contributed by atoms with E-state index >= 15 is 0 Å². The maximum Gasteiger partial charge on any atom is 0.230 e. The lowest BCUT2D eigenvalue weighted by molar-refractivity contribution is -0.118. The number of aryl methyl sites for hydroxylation is 1. The first-order valence-corrected chi connectivity index (χ1v) is 4.95. The molecule has 7 heteroatoms. The van der Waals surface area contributed by atoms with Crippen molar-refractivity contribution < 1.29 is 4.79 Å². The fourth-order valence-corrected chi connectivity index (χ4v) is 1.39. The highest BCUT2D eigenvalue weighted by molar-refractivity contribution is 7.99. The average Bonchev–Trinajstić information content (AvgIpc) is 2.58. The van der Waals surface area contributed by atoms with E-state index in [1.807, 2.05) is 0 Å². The van der Waals surface area contributed by atoms with Crippen LogP contribution in [0.15, 0.2) is 17.8 Å². The molecule has 0 unspecified atom stereocenters. The number of nitrogens with zero attached hydrogens (tertiary/aromatic N) is 4. The van der Waals surface area contributed by atoms with Gasteiger partial charge in [0, 0.05) is 13.6 Å². The van der Waals surface area contributed by atoms with Crippen molar-refractivity contribution in [2.45, 2.75) is 5.16 Å². The van der Waals surface area contributed by atoms with E-state index in [4.69, 9.17) is 0 Å². The lowest BCUT2D eigenvalue weighted by Gasteiger charge is -2.00. The van der Waals surface area contributed by atoms with Crippen molar-refractivity contribution in [3.8, 4) is 0 Å². The molecule has 1 rings (SSSR count). The van der Waals surface area contributed by atoms with Crippen molar-refractivity contribution in [3.05, 3.63) is 12.7 Å². The molecule has 1 aromatic heterocycles. The van der Waals surface area contributed by atoms with Gasteiger partial charge in [-0.2, -0.15) is 0 Å². The normalized spacial score (nSPS) is 9.79. The smallest absolute Gasteiger partial charge is 0.230 e. The molecule has 0 aromatic carbocycles. The molecule has 0 aliphatic rings. The minimum absolute atomic E-state index is 0.0575. The number of amides is 1. The molecule has 76 valence electrons. The molecular weight excluding hydrogens is 202 g/mol. The van der Waals surface area contributed by atoms with Gasteiger partial charge in [-0.25, -0.2) is 4.68 Å². The highest BCUT2D eigenvalue weighted by Gasteiger charge is 2.06. The number of carbonyl (C=O) groups excluding carboxylic acids is 1. The van der Waals surface area contributed by atoms with Crippen LogP contribution >= 0.6 is 11.8 Å². The largest absolute Gasteiger partial charge is 0.352 e. The summed E-state index contributed by atoms with van der Waals surface area (Å²) in [7, 11) is 1.73. The number of nitrogens with one attached hydrogen (secondary N) is 1. The molecular formula is C7H11N5OS. The Morgan fingerprint density at radius 3 is 3.14 bits per heavy atom. The van der Waals surface area contributed by atoms with Crippen LogP contribution in [0.5, 0.6) is 0 Å². The van der Waals surface area contributed by atoms with Crippen molar-refractivity contribution in [3.63, 3.8) is 0 Å². The summed E-state index contributed by atoms with van der Waals surface area (Å²) in [4.78, 5) is 11.2. The average molecular weight is 213 g/mol. The molecule has 0 saturated carbocycles. The Hall–Kier alpha value is -1.37. The standard InChI is InChI=1S/C7H11N5OS/c1-3-4-8-6(13)5-14-7-9-10-11-12(7)2/h3H,1,4-5H2,2H3,(H,8,13). The van der Waals surface area contributed by atoms with E-state index in [1.54, 1.807) is 13.1 Å². The Morgan fingerprint density at radius 1 is 1.79 bits per heavy atom. The molecule has 0 fully saturated rings. The summed E-state index contributed by atoms with van der Waals surface area (Å²) in [6.07, 6.45) is 1.63. The third-order valence-electron chi connectivity index (χ3n) is 1.36. The molecule has 0 aliphatic carbocycles. The van der Waals surface area contributed by atoms with E-state index in [-0.39, 0.29) is 5.91 Å². The highest BCUT2D eigenvalue weighted by atomic mass is 32.2. The third kappa shape index (κ3) is 3.17. The van der Waals surface area contributed by atoms with E-state index in [2.05, 4.69) is 27.4 Å². The van der Waals surface area contributed by atoms with Crippen molar-refractivity contribution in [2.24, 2.45) is 7.05 Å². The Bertz CT molecular complexity index is 324. The van der Waals surface area contributed by atoms with Crippen LogP contribution in [0.1, 0.15) is 0 Å². The SMILES string of the molecule is C=CCNC(=O)CSc1nnnn1C. The Morgan fingerprint density at radius 2 is 2.57 bits per heavy atom. The minimum Gasteiger partial charge on any atom is -0.352 e. The van der Waals surface area contributed by atoms with Gasteiger partial charge in [-0.15, -0.1) is 11.7 Å². The second-order valence-electron chi connectivity index (χ2n) is 2.47. The first-order valence-electron chi connectivity index (χ1n) is 3.96. The monoisotopic (exact) mass is 213 g/mol. The molecule has 0 spiro atoms. The molecule has 1 N–H and O–H groups in total. The van der Waals surface area contributed by atoms with Gasteiger partial charge in [-0.3, -0.25) is 4.79 Å². The van der Waals surface area contributed by atoms with Gasteiger partial charge in [0.05, 0.1) is 5.75 Å². The van der Waals surface area contributed by atoms with Crippen LogP contribution in [0, 0.1) is 0 Å². The number of rotatable bonds is 5. The predicted octanol–water partition coefficient (Wildman–Crippen LogP) is -0.396. The fourth-order valence-electron chi connectivity index (χ4n) is 0.711. The Kier molecular flexibility index (Phi) is 4.11. The maximum absolute atomic E-state index is 11.2. The van der Waals surface area contributed by atoms with Gasteiger partial charge in [0.15, 0.2) is 0 Å². The highest BCUT2D eigenvalue weighted by Crippen LogP contribution is 2.10. The van der Waals surface area contributed by atoms with E-state index in [9.17, 15) is 4.79 Å². The number of tetrazole rings is 1. The summed E-state index contributed by atoms with van der Waals surface area (Å²) >= 11 is 1.29. The van der Waals surface area contributed by atoms with E-state index in [1.165, 1.54) is 16.4 Å². The van der Waals surface area contributed by atoms with Crippen LogP contribution in [0.2, 0.25) is 0 Å². The number of carbonyl (C=O) groups is 1. The molecule has 0 aliphatic heterocycles. The molecule has 0 bridgehead atoms. The van der Waals surface area contributed by atoms with Crippen molar-refractivity contribution >= 4 is 17.7 Å². The number of hydrogen-bond acceptors (Lipinski definition) is 5. The minimum atomic E-state index is -0.0575. The van der Waals surface area contributed by atoms with Crippen molar-refractivity contribution in [1.82, 2.24) is 25.5 Å². The summed E-state index contributed by atoms with van der Waals surface area (Å²) in [6.45, 7) is 3.98. The molecule has 0 atom stereocenters. The number of thioether (sulfide) groups is 1. The van der Waals surface area contributed by atoms with Crippen LogP contribution in [0.3, 0.4) is 0 Å². The molecule has 1 heterocycles. The van der Waals surface area contributed by atoms with Crippen LogP contribution in [-0.4, -0.2) is 38.4 Å². The summed E-state index contributed by atoms with van der Waals surface area (Å²) in [6, 6.07) is 0. The summed E-state index contributed by atoms with van der Waals surface area (Å²) < 4.78 is 1.52. The molecule has 0 saturated heterocycles. The lowest BCUT2D eigenvalue weighted by atomic mass is 10.6. The van der Waals surface area contributed by atoms with Crippen LogP contribution < -0.4 is 5.32 Å². The van der Waals surface area contributed by atoms with Gasteiger partial charge in [0.25, 0.3) is 0 Å². The predicted molar refractivity (Wildman–Crippen MR) is 52.7 cm³/mol. The zero-order valence-electron chi connectivity index (χ0n) is 7.80. The van der Waals surface area contributed by atoms with Gasteiger partial charge in [0.1, 0.15) is 0 Å². The number of hydrogen-bond donors (Lipinski definition) is 1. The topological polar surface area (TPSA) is 72.7 Å². The first kappa shape index (κ1) is 10.7. The van der Waals surface area contributed by atoms with Crippen LogP contribution in [0.4, 0.5) is 0 Å². The molecule has 1 amide bonds. The number of aromatic nitrogens is 4. The van der Waals surface area contributed by atoms with E-state index < -0.39 is 0 Å². The van der Waals surface area contributed by atoms with Gasteiger partial charge in [-0.05, 0) is 10.4 Å². The zero-order chi connectivity index (χ0) is 10.4. The fraction of sp³-hybridized carbons (Fsp3) is 0.429. The summed E-state index contributed by atoms with van der Waals surface area (Å²) in [5.41, 5.74) is 0. The van der Waals surface area contributed by atoms with Crippen molar-refractivity contribution in [1.29, 1.82) is 0 Å². The quantitative estimate of drug-likeness (QED) is 0.532. The van der Waals surface area contributed by atoms with Gasteiger partial charge in [0.2, 0.25) is 11.1 Å². The summed E-state index contributed by atoms with van der Waals surface area (Å²) in [5.74, 6) is 0.250. The second kappa shape index (κ2) is 5.38. The molecule has 14 heavy (non-hydrogen) atoms. The summed E-state index contributed by atoms with van der Waals surface area (Å²) in [5, 5.41) is 14.1. The lowest BCUT2D eigenvalue weighted by Crippen LogP contribution is -2.25. The van der Waals surface area contributed by atoms with Crippen LogP contribution in [-0.2, 0) is 11.8 Å². The molecule has 0 radical (unpaired) electrons. The van der Waals surface area contributed by atoms with Crippen molar-refractivity contribution in [2.75, 3.05) is 12.3 Å². The maximum atomic E-state index is 11.2. The molecule has 1 aromatic rings. The second-order valence-corrected chi connectivity index (χ2v) is 3.41. The molecule has 6 nitrogen and oxygen atoms in total. The van der Waals surface area contributed by atoms with Gasteiger partial charge < -0.3 is 5.32 Å².